The van der Waals surface area contributed by atoms with Crippen LogP contribution in [0.15, 0.2) is 53.6 Å². The van der Waals surface area contributed by atoms with Gasteiger partial charge in [0, 0.05) is 25.4 Å². The molecular weight excluding hydrogens is 368 g/mol. The van der Waals surface area contributed by atoms with Crippen molar-refractivity contribution in [1.82, 2.24) is 24.7 Å². The van der Waals surface area contributed by atoms with Gasteiger partial charge in [-0.2, -0.15) is 5.10 Å². The molecule has 27 heavy (non-hydrogen) atoms. The van der Waals surface area contributed by atoms with Gasteiger partial charge in [0.15, 0.2) is 5.82 Å². The summed E-state index contributed by atoms with van der Waals surface area (Å²) in [5.74, 6) is 1.63. The van der Waals surface area contributed by atoms with Crippen molar-refractivity contribution in [3.05, 3.63) is 54.4 Å². The van der Waals surface area contributed by atoms with E-state index in [9.17, 15) is 8.42 Å². The molecule has 0 bridgehead atoms. The number of benzene rings is 1. The van der Waals surface area contributed by atoms with Gasteiger partial charge < -0.3 is 10.1 Å². The molecule has 0 fully saturated rings. The summed E-state index contributed by atoms with van der Waals surface area (Å²) in [5.41, 5.74) is 0.891. The standard InChI is InChI=1S/C17H20N6O3S/c1-13-8-11-23(22-13)17-7-6-16(20-21-17)18-9-10-19-27(24,25)15-5-3-4-14(12-15)26-2/h3-8,11-12,19H,9-10H2,1-2H3,(H,18,20). The van der Waals surface area contributed by atoms with E-state index in [-0.39, 0.29) is 11.4 Å². The van der Waals surface area contributed by atoms with E-state index in [1.807, 2.05) is 13.0 Å². The molecule has 0 amide bonds. The maximum atomic E-state index is 12.3. The number of methoxy groups -OCH3 is 1. The fraction of sp³-hybridized carbons (Fsp3) is 0.235. The predicted molar refractivity (Wildman–Crippen MR) is 101 cm³/mol. The molecule has 3 aromatic rings. The Kier molecular flexibility index (Phi) is 5.67. The van der Waals surface area contributed by atoms with Crippen LogP contribution < -0.4 is 14.8 Å². The first kappa shape index (κ1) is 18.8. The number of nitrogens with one attached hydrogen (secondary N) is 2. The fourth-order valence-corrected chi connectivity index (χ4v) is 3.38. The van der Waals surface area contributed by atoms with Gasteiger partial charge in [-0.3, -0.25) is 0 Å². The smallest absolute Gasteiger partial charge is 0.240 e. The minimum atomic E-state index is -3.61. The summed E-state index contributed by atoms with van der Waals surface area (Å²) < 4.78 is 33.8. The van der Waals surface area contributed by atoms with Crippen LogP contribution in [0.3, 0.4) is 0 Å². The molecule has 1 aromatic carbocycles. The number of hydrogen-bond acceptors (Lipinski definition) is 7. The molecule has 0 aliphatic carbocycles. The summed E-state index contributed by atoms with van der Waals surface area (Å²) in [6.07, 6.45) is 1.81. The number of ether oxygens (including phenoxy) is 1. The van der Waals surface area contributed by atoms with E-state index in [0.717, 1.165) is 5.69 Å². The van der Waals surface area contributed by atoms with Crippen molar-refractivity contribution < 1.29 is 13.2 Å². The molecular formula is C17H20N6O3S. The number of aromatic nitrogens is 4. The fourth-order valence-electron chi connectivity index (χ4n) is 2.31. The van der Waals surface area contributed by atoms with Crippen LogP contribution in [0, 0.1) is 6.92 Å². The minimum Gasteiger partial charge on any atom is -0.497 e. The molecule has 0 atom stereocenters. The SMILES string of the molecule is COc1cccc(S(=O)(=O)NCCNc2ccc(-n3ccc(C)n3)nn2)c1. The highest BCUT2D eigenvalue weighted by Crippen LogP contribution is 2.16. The highest BCUT2D eigenvalue weighted by molar-refractivity contribution is 7.89. The lowest BCUT2D eigenvalue weighted by molar-refractivity contribution is 0.413. The topological polar surface area (TPSA) is 111 Å². The third-order valence-electron chi connectivity index (χ3n) is 3.68. The monoisotopic (exact) mass is 388 g/mol. The van der Waals surface area contributed by atoms with E-state index < -0.39 is 10.0 Å². The molecule has 10 heteroatoms. The highest BCUT2D eigenvalue weighted by Gasteiger charge is 2.13. The zero-order valence-electron chi connectivity index (χ0n) is 15.0. The predicted octanol–water partition coefficient (Wildman–Crippen LogP) is 1.37. The van der Waals surface area contributed by atoms with E-state index in [0.29, 0.717) is 23.9 Å². The third-order valence-corrected chi connectivity index (χ3v) is 5.14. The third kappa shape index (κ3) is 4.80. The molecule has 0 unspecified atom stereocenters. The number of nitrogens with zero attached hydrogens (tertiary/aromatic N) is 4. The van der Waals surface area contributed by atoms with Gasteiger partial charge in [0.2, 0.25) is 10.0 Å². The normalized spacial score (nSPS) is 11.3. The Labute approximate surface area is 157 Å². The molecule has 0 aliphatic heterocycles. The van der Waals surface area contributed by atoms with Crippen molar-refractivity contribution in [3.63, 3.8) is 0 Å². The number of anilines is 1. The Bertz CT molecular complexity index is 1000. The summed E-state index contributed by atoms with van der Waals surface area (Å²) in [4.78, 5) is 0.153. The Morgan fingerprint density at radius 1 is 1.11 bits per heavy atom. The lowest BCUT2D eigenvalue weighted by Gasteiger charge is -2.09. The molecule has 0 spiro atoms. The van der Waals surface area contributed by atoms with E-state index in [2.05, 4.69) is 25.3 Å². The van der Waals surface area contributed by atoms with E-state index in [4.69, 9.17) is 4.74 Å². The summed E-state index contributed by atoms with van der Waals surface area (Å²) in [7, 11) is -2.12. The van der Waals surface area contributed by atoms with Gasteiger partial charge >= 0.3 is 0 Å². The first-order valence-corrected chi connectivity index (χ1v) is 9.70. The molecule has 9 nitrogen and oxygen atoms in total. The van der Waals surface area contributed by atoms with Crippen LogP contribution in [0.5, 0.6) is 5.75 Å². The van der Waals surface area contributed by atoms with Crippen molar-refractivity contribution in [3.8, 4) is 11.6 Å². The van der Waals surface area contributed by atoms with E-state index in [1.165, 1.54) is 19.2 Å². The average Bonchev–Trinajstić information content (AvgIpc) is 3.12. The van der Waals surface area contributed by atoms with Gasteiger partial charge in [-0.1, -0.05) is 6.07 Å². The molecule has 2 N–H and O–H groups in total. The number of hydrogen-bond donors (Lipinski definition) is 2. The Balaban J connectivity index is 1.52. The minimum absolute atomic E-state index is 0.153. The maximum absolute atomic E-state index is 12.3. The van der Waals surface area contributed by atoms with Gasteiger partial charge in [-0.05, 0) is 37.3 Å². The molecule has 0 saturated carbocycles. The van der Waals surface area contributed by atoms with Crippen molar-refractivity contribution >= 4 is 15.8 Å². The molecule has 3 rings (SSSR count). The van der Waals surface area contributed by atoms with Gasteiger partial charge in [0.25, 0.3) is 0 Å². The van der Waals surface area contributed by atoms with E-state index in [1.54, 1.807) is 35.1 Å². The zero-order valence-corrected chi connectivity index (χ0v) is 15.8. The van der Waals surface area contributed by atoms with Crippen LogP contribution in [-0.2, 0) is 10.0 Å². The number of rotatable bonds is 8. The summed E-state index contributed by atoms with van der Waals surface area (Å²) >= 11 is 0. The highest BCUT2D eigenvalue weighted by atomic mass is 32.2. The first-order valence-electron chi connectivity index (χ1n) is 8.22. The Morgan fingerprint density at radius 2 is 1.96 bits per heavy atom. The van der Waals surface area contributed by atoms with Gasteiger partial charge in [-0.25, -0.2) is 17.8 Å². The second-order valence-electron chi connectivity index (χ2n) is 5.68. The van der Waals surface area contributed by atoms with Crippen LogP contribution in [0.2, 0.25) is 0 Å². The van der Waals surface area contributed by atoms with Crippen LogP contribution in [0.25, 0.3) is 5.82 Å². The molecule has 0 saturated heterocycles. The van der Waals surface area contributed by atoms with E-state index >= 15 is 0 Å². The lowest BCUT2D eigenvalue weighted by atomic mass is 10.3. The Hall–Kier alpha value is -2.98. The van der Waals surface area contributed by atoms with Crippen molar-refractivity contribution in [2.24, 2.45) is 0 Å². The summed E-state index contributed by atoms with van der Waals surface area (Å²) in [5, 5.41) is 15.4. The lowest BCUT2D eigenvalue weighted by Crippen LogP contribution is -2.29. The summed E-state index contributed by atoms with van der Waals surface area (Å²) in [6.45, 7) is 2.45. The van der Waals surface area contributed by atoms with Gasteiger partial charge in [0.05, 0.1) is 17.7 Å². The second kappa shape index (κ2) is 8.14. The van der Waals surface area contributed by atoms with Crippen molar-refractivity contribution in [2.75, 3.05) is 25.5 Å². The van der Waals surface area contributed by atoms with Crippen LogP contribution in [-0.4, -0.2) is 48.6 Å². The first-order chi connectivity index (χ1) is 13.0. The molecule has 2 aromatic heterocycles. The van der Waals surface area contributed by atoms with Crippen LogP contribution in [0.1, 0.15) is 5.69 Å². The zero-order chi connectivity index (χ0) is 19.3. The largest absolute Gasteiger partial charge is 0.497 e. The summed E-state index contributed by atoms with van der Waals surface area (Å²) in [6, 6.07) is 11.7. The number of sulfonamides is 1. The quantitative estimate of drug-likeness (QED) is 0.561. The molecule has 142 valence electrons. The van der Waals surface area contributed by atoms with Crippen LogP contribution >= 0.6 is 0 Å². The molecule has 0 radical (unpaired) electrons. The van der Waals surface area contributed by atoms with Crippen LogP contribution in [0.4, 0.5) is 5.82 Å². The second-order valence-corrected chi connectivity index (χ2v) is 7.45. The number of aryl methyl sites for hydroxylation is 1. The van der Waals surface area contributed by atoms with Crippen molar-refractivity contribution in [1.29, 1.82) is 0 Å². The van der Waals surface area contributed by atoms with Crippen molar-refractivity contribution in [2.45, 2.75) is 11.8 Å². The Morgan fingerprint density at radius 3 is 2.63 bits per heavy atom. The maximum Gasteiger partial charge on any atom is 0.240 e. The average molecular weight is 388 g/mol. The van der Waals surface area contributed by atoms with Gasteiger partial charge in [-0.15, -0.1) is 10.2 Å². The molecule has 2 heterocycles. The molecule has 0 aliphatic rings. The van der Waals surface area contributed by atoms with Gasteiger partial charge in [0.1, 0.15) is 11.6 Å².